The minimum absolute atomic E-state index is 0.658. The van der Waals surface area contributed by atoms with Crippen molar-refractivity contribution in [2.45, 2.75) is 18.9 Å². The van der Waals surface area contributed by atoms with Gasteiger partial charge in [0, 0.05) is 13.2 Å². The molecule has 0 aromatic carbocycles. The molecule has 0 radical (unpaired) electrons. The topological polar surface area (TPSA) is 12.5 Å². The van der Waals surface area contributed by atoms with Crippen LogP contribution in [-0.2, 0) is 4.74 Å². The number of methoxy groups -OCH3 is 1. The molecular weight excluding hydrogens is 138 g/mol. The van der Waals surface area contributed by atoms with Gasteiger partial charge in [-0.1, -0.05) is 12.2 Å². The molecule has 0 bridgehead atoms. The van der Waals surface area contributed by atoms with Crippen molar-refractivity contribution >= 4 is 0 Å². The second kappa shape index (κ2) is 4.52. The van der Waals surface area contributed by atoms with Gasteiger partial charge in [-0.15, -0.1) is 0 Å². The van der Waals surface area contributed by atoms with Crippen LogP contribution < -0.4 is 0 Å². The van der Waals surface area contributed by atoms with E-state index in [1.165, 1.54) is 19.4 Å². The van der Waals surface area contributed by atoms with Crippen molar-refractivity contribution < 1.29 is 4.74 Å². The monoisotopic (exact) mass is 155 g/mol. The zero-order chi connectivity index (χ0) is 8.10. The molecule has 1 aliphatic heterocycles. The Morgan fingerprint density at radius 2 is 2.45 bits per heavy atom. The summed E-state index contributed by atoms with van der Waals surface area (Å²) in [7, 11) is 3.90. The van der Waals surface area contributed by atoms with E-state index in [1.54, 1.807) is 7.11 Å². The third-order valence-corrected chi connectivity index (χ3v) is 2.20. The van der Waals surface area contributed by atoms with Crippen molar-refractivity contribution in [3.63, 3.8) is 0 Å². The summed E-state index contributed by atoms with van der Waals surface area (Å²) < 4.78 is 4.93. The average molecular weight is 155 g/mol. The maximum absolute atomic E-state index is 4.93. The van der Waals surface area contributed by atoms with Gasteiger partial charge in [-0.3, -0.25) is 4.90 Å². The van der Waals surface area contributed by atoms with E-state index >= 15 is 0 Å². The zero-order valence-electron chi connectivity index (χ0n) is 7.42. The van der Waals surface area contributed by atoms with Crippen LogP contribution in [0.15, 0.2) is 12.2 Å². The van der Waals surface area contributed by atoms with Gasteiger partial charge in [0.15, 0.2) is 0 Å². The Hall–Kier alpha value is -0.340. The fraction of sp³-hybridized carbons (Fsp3) is 0.778. The predicted octanol–water partition coefficient (Wildman–Crippen LogP) is 1.28. The zero-order valence-corrected chi connectivity index (χ0v) is 7.42. The summed E-state index contributed by atoms with van der Waals surface area (Å²) in [5.74, 6) is 0. The number of ether oxygens (including phenoxy) is 1. The molecule has 1 heterocycles. The normalized spacial score (nSPS) is 26.9. The Kier molecular flexibility index (Phi) is 3.60. The van der Waals surface area contributed by atoms with Crippen molar-refractivity contribution in [2.75, 3.05) is 27.3 Å². The number of nitrogens with zero attached hydrogens (tertiary/aromatic N) is 1. The van der Waals surface area contributed by atoms with Gasteiger partial charge in [0.25, 0.3) is 0 Å². The van der Waals surface area contributed by atoms with Crippen LogP contribution in [0.1, 0.15) is 12.8 Å². The summed E-state index contributed by atoms with van der Waals surface area (Å²) in [6, 6.07) is 0.658. The van der Waals surface area contributed by atoms with Crippen molar-refractivity contribution in [1.29, 1.82) is 0 Å². The molecule has 2 heteroatoms. The van der Waals surface area contributed by atoms with Crippen molar-refractivity contribution in [3.8, 4) is 0 Å². The largest absolute Gasteiger partial charge is 0.381 e. The molecule has 0 aromatic rings. The number of rotatable bonds is 3. The Labute approximate surface area is 68.8 Å². The van der Waals surface area contributed by atoms with E-state index in [0.717, 1.165) is 6.61 Å². The third-order valence-electron chi connectivity index (χ3n) is 2.20. The van der Waals surface area contributed by atoms with Gasteiger partial charge in [-0.05, 0) is 26.4 Å². The van der Waals surface area contributed by atoms with Crippen LogP contribution in [-0.4, -0.2) is 38.3 Å². The summed E-state index contributed by atoms with van der Waals surface area (Å²) >= 11 is 0. The minimum Gasteiger partial charge on any atom is -0.381 e. The molecule has 0 N–H and O–H groups in total. The number of likely N-dealkylation sites (N-methyl/N-ethyl adjacent to an activating group) is 1. The number of hydrogen-bond acceptors (Lipinski definition) is 2. The molecule has 1 atom stereocenters. The van der Waals surface area contributed by atoms with Gasteiger partial charge in [-0.25, -0.2) is 0 Å². The SMILES string of the molecule is COC/C=C/[C@@H]1CCCN1C. The first kappa shape index (κ1) is 8.75. The van der Waals surface area contributed by atoms with E-state index < -0.39 is 0 Å². The smallest absolute Gasteiger partial charge is 0.0644 e. The van der Waals surface area contributed by atoms with Gasteiger partial charge in [0.05, 0.1) is 6.61 Å². The van der Waals surface area contributed by atoms with Crippen LogP contribution in [0, 0.1) is 0 Å². The number of hydrogen-bond donors (Lipinski definition) is 0. The molecule has 0 saturated carbocycles. The first-order valence-corrected chi connectivity index (χ1v) is 4.20. The highest BCUT2D eigenvalue weighted by atomic mass is 16.5. The summed E-state index contributed by atoms with van der Waals surface area (Å²) in [4.78, 5) is 2.38. The van der Waals surface area contributed by atoms with Crippen LogP contribution >= 0.6 is 0 Å². The Morgan fingerprint density at radius 3 is 3.00 bits per heavy atom. The number of likely N-dealkylation sites (tertiary alicyclic amines) is 1. The van der Waals surface area contributed by atoms with E-state index in [2.05, 4.69) is 24.1 Å². The van der Waals surface area contributed by atoms with E-state index in [1.807, 2.05) is 0 Å². The maximum atomic E-state index is 4.93. The predicted molar refractivity (Wildman–Crippen MR) is 46.7 cm³/mol. The van der Waals surface area contributed by atoms with E-state index in [4.69, 9.17) is 4.74 Å². The van der Waals surface area contributed by atoms with Gasteiger partial charge in [0.1, 0.15) is 0 Å². The van der Waals surface area contributed by atoms with Crippen molar-refractivity contribution in [1.82, 2.24) is 4.90 Å². The molecule has 0 spiro atoms. The quantitative estimate of drug-likeness (QED) is 0.569. The van der Waals surface area contributed by atoms with Crippen LogP contribution in [0.4, 0.5) is 0 Å². The molecule has 0 aromatic heterocycles. The van der Waals surface area contributed by atoms with Crippen LogP contribution in [0.3, 0.4) is 0 Å². The second-order valence-electron chi connectivity index (χ2n) is 3.07. The summed E-state index contributed by atoms with van der Waals surface area (Å²) in [5, 5.41) is 0. The molecule has 2 nitrogen and oxygen atoms in total. The minimum atomic E-state index is 0.658. The molecule has 11 heavy (non-hydrogen) atoms. The summed E-state index contributed by atoms with van der Waals surface area (Å²) in [6.07, 6.45) is 6.98. The molecule has 1 fully saturated rings. The molecule has 1 aliphatic rings. The van der Waals surface area contributed by atoms with Gasteiger partial charge < -0.3 is 4.74 Å². The van der Waals surface area contributed by atoms with Crippen LogP contribution in [0.25, 0.3) is 0 Å². The van der Waals surface area contributed by atoms with E-state index in [-0.39, 0.29) is 0 Å². The molecule has 0 unspecified atom stereocenters. The van der Waals surface area contributed by atoms with Gasteiger partial charge >= 0.3 is 0 Å². The van der Waals surface area contributed by atoms with Crippen LogP contribution in [0.5, 0.6) is 0 Å². The lowest BCUT2D eigenvalue weighted by molar-refractivity contribution is 0.232. The Bertz CT molecular complexity index is 134. The lowest BCUT2D eigenvalue weighted by Gasteiger charge is -2.14. The molecule has 0 amide bonds. The fourth-order valence-corrected chi connectivity index (χ4v) is 1.49. The highest BCUT2D eigenvalue weighted by Crippen LogP contribution is 2.15. The average Bonchev–Trinajstić information content (AvgIpc) is 2.37. The first-order valence-electron chi connectivity index (χ1n) is 4.20. The van der Waals surface area contributed by atoms with E-state index in [9.17, 15) is 0 Å². The standard InChI is InChI=1S/C9H17NO/c1-10-7-3-5-9(10)6-4-8-11-2/h4,6,9H,3,5,7-8H2,1-2H3/b6-4+/t9-/m0/s1. The van der Waals surface area contributed by atoms with Crippen molar-refractivity contribution in [2.24, 2.45) is 0 Å². The van der Waals surface area contributed by atoms with E-state index in [0.29, 0.717) is 6.04 Å². The van der Waals surface area contributed by atoms with Crippen LogP contribution in [0.2, 0.25) is 0 Å². The lowest BCUT2D eigenvalue weighted by Crippen LogP contribution is -2.22. The highest BCUT2D eigenvalue weighted by molar-refractivity contribution is 4.96. The molecule has 64 valence electrons. The van der Waals surface area contributed by atoms with Gasteiger partial charge in [-0.2, -0.15) is 0 Å². The highest BCUT2D eigenvalue weighted by Gasteiger charge is 2.16. The Balaban J connectivity index is 2.24. The maximum Gasteiger partial charge on any atom is 0.0644 e. The molecule has 1 saturated heterocycles. The first-order chi connectivity index (χ1) is 5.34. The second-order valence-corrected chi connectivity index (χ2v) is 3.07. The van der Waals surface area contributed by atoms with Crippen molar-refractivity contribution in [3.05, 3.63) is 12.2 Å². The fourth-order valence-electron chi connectivity index (χ4n) is 1.49. The van der Waals surface area contributed by atoms with Gasteiger partial charge in [0.2, 0.25) is 0 Å². The third kappa shape index (κ3) is 2.64. The molecular formula is C9H17NO. The molecule has 0 aliphatic carbocycles. The summed E-state index contributed by atoms with van der Waals surface area (Å²) in [6.45, 7) is 1.98. The Morgan fingerprint density at radius 1 is 1.64 bits per heavy atom. The lowest BCUT2D eigenvalue weighted by atomic mass is 10.2. The summed E-state index contributed by atoms with van der Waals surface area (Å²) in [5.41, 5.74) is 0. The molecule has 1 rings (SSSR count).